The maximum atomic E-state index is 13.8. The molecule has 0 saturated heterocycles. The van der Waals surface area contributed by atoms with Crippen molar-refractivity contribution in [2.24, 2.45) is 5.92 Å². The van der Waals surface area contributed by atoms with Gasteiger partial charge in [0.25, 0.3) is 5.91 Å². The maximum Gasteiger partial charge on any atom is 0.256 e. The van der Waals surface area contributed by atoms with E-state index in [1.165, 1.54) is 6.07 Å². The summed E-state index contributed by atoms with van der Waals surface area (Å²) in [6.07, 6.45) is 0. The van der Waals surface area contributed by atoms with E-state index in [4.69, 9.17) is 0 Å². The second kappa shape index (κ2) is 5.63. The lowest BCUT2D eigenvalue weighted by Gasteiger charge is -2.28. The average Bonchev–Trinajstić information content (AvgIpc) is 2.29. The van der Waals surface area contributed by atoms with E-state index in [0.717, 1.165) is 0 Å². The molecule has 0 aliphatic heterocycles. The third-order valence-corrected chi connectivity index (χ3v) is 3.69. The lowest BCUT2D eigenvalue weighted by atomic mass is 10.0. The van der Waals surface area contributed by atoms with Crippen LogP contribution in [0.15, 0.2) is 22.7 Å². The Morgan fingerprint density at radius 2 is 1.94 bits per heavy atom. The fourth-order valence-corrected chi connectivity index (χ4v) is 1.86. The number of amides is 1. The Morgan fingerprint density at radius 1 is 1.35 bits per heavy atom. The molecule has 0 fully saturated rings. The highest BCUT2D eigenvalue weighted by molar-refractivity contribution is 9.10. The Labute approximate surface area is 110 Å². The van der Waals surface area contributed by atoms with Crippen molar-refractivity contribution in [3.05, 3.63) is 34.1 Å². The van der Waals surface area contributed by atoms with E-state index in [0.29, 0.717) is 10.4 Å². The summed E-state index contributed by atoms with van der Waals surface area (Å²) < 4.78 is 14.1. The number of benzene rings is 1. The van der Waals surface area contributed by atoms with Gasteiger partial charge in [-0.15, -0.1) is 0 Å². The molecule has 0 aliphatic carbocycles. The van der Waals surface area contributed by atoms with Gasteiger partial charge in [-0.2, -0.15) is 0 Å². The zero-order valence-electron chi connectivity index (χ0n) is 10.5. The standard InChI is InChI=1S/C13H17BrFNO/c1-8(2)9(3)16(4)13(17)10-6-5-7-11(14)12(10)15/h5-9H,1-4H3. The van der Waals surface area contributed by atoms with E-state index in [1.807, 2.05) is 20.8 Å². The number of carbonyl (C=O) groups is 1. The van der Waals surface area contributed by atoms with Crippen molar-refractivity contribution in [1.29, 1.82) is 0 Å². The molecule has 0 saturated carbocycles. The van der Waals surface area contributed by atoms with Crippen molar-refractivity contribution in [2.75, 3.05) is 7.05 Å². The lowest BCUT2D eigenvalue weighted by Crippen LogP contribution is -2.38. The normalized spacial score (nSPS) is 12.6. The van der Waals surface area contributed by atoms with Gasteiger partial charge in [-0.05, 0) is 40.9 Å². The van der Waals surface area contributed by atoms with Crippen LogP contribution in [0.25, 0.3) is 0 Å². The predicted octanol–water partition coefficient (Wildman–Crippen LogP) is 3.70. The molecule has 4 heteroatoms. The van der Waals surface area contributed by atoms with Crippen molar-refractivity contribution < 1.29 is 9.18 Å². The maximum absolute atomic E-state index is 13.8. The number of carbonyl (C=O) groups excluding carboxylic acids is 1. The molecule has 2 nitrogen and oxygen atoms in total. The molecular formula is C13H17BrFNO. The Kier molecular flexibility index (Phi) is 4.69. The zero-order valence-corrected chi connectivity index (χ0v) is 12.1. The van der Waals surface area contributed by atoms with E-state index < -0.39 is 5.82 Å². The number of hydrogen-bond donors (Lipinski definition) is 0. The van der Waals surface area contributed by atoms with Crippen LogP contribution in [0.4, 0.5) is 4.39 Å². The van der Waals surface area contributed by atoms with Crippen LogP contribution in [0.5, 0.6) is 0 Å². The third-order valence-electron chi connectivity index (χ3n) is 3.08. The highest BCUT2D eigenvalue weighted by Gasteiger charge is 2.22. The number of rotatable bonds is 3. The smallest absolute Gasteiger partial charge is 0.256 e. The highest BCUT2D eigenvalue weighted by Crippen LogP contribution is 2.21. The summed E-state index contributed by atoms with van der Waals surface area (Å²) in [4.78, 5) is 13.7. The first kappa shape index (κ1) is 14.2. The lowest BCUT2D eigenvalue weighted by molar-refractivity contribution is 0.0702. The van der Waals surface area contributed by atoms with Gasteiger partial charge in [0.1, 0.15) is 5.82 Å². The van der Waals surface area contributed by atoms with Gasteiger partial charge in [0.15, 0.2) is 0 Å². The third kappa shape index (κ3) is 3.06. The van der Waals surface area contributed by atoms with Gasteiger partial charge in [-0.3, -0.25) is 4.79 Å². The molecular weight excluding hydrogens is 285 g/mol. The minimum atomic E-state index is -0.500. The molecule has 1 amide bonds. The van der Waals surface area contributed by atoms with Crippen molar-refractivity contribution in [2.45, 2.75) is 26.8 Å². The highest BCUT2D eigenvalue weighted by atomic mass is 79.9. The minimum absolute atomic E-state index is 0.0703. The second-order valence-corrected chi connectivity index (χ2v) is 5.36. The van der Waals surface area contributed by atoms with Gasteiger partial charge in [-0.1, -0.05) is 19.9 Å². The molecule has 0 spiro atoms. The molecule has 1 rings (SSSR count). The van der Waals surface area contributed by atoms with Crippen molar-refractivity contribution in [1.82, 2.24) is 4.90 Å². The Balaban J connectivity index is 3.01. The summed E-state index contributed by atoms with van der Waals surface area (Å²) in [5, 5.41) is 0. The summed E-state index contributed by atoms with van der Waals surface area (Å²) in [6.45, 7) is 6.02. The molecule has 1 atom stereocenters. The minimum Gasteiger partial charge on any atom is -0.339 e. The monoisotopic (exact) mass is 301 g/mol. The summed E-state index contributed by atoms with van der Waals surface area (Å²) >= 11 is 3.08. The van der Waals surface area contributed by atoms with Gasteiger partial charge < -0.3 is 4.90 Å². The largest absolute Gasteiger partial charge is 0.339 e. The molecule has 1 aromatic rings. The molecule has 0 N–H and O–H groups in total. The predicted molar refractivity (Wildman–Crippen MR) is 70.5 cm³/mol. The Bertz CT molecular complexity index is 420. The SMILES string of the molecule is CC(C)C(C)N(C)C(=O)c1cccc(Br)c1F. The van der Waals surface area contributed by atoms with Gasteiger partial charge in [0.05, 0.1) is 10.0 Å². The molecule has 0 heterocycles. The van der Waals surface area contributed by atoms with E-state index in [1.54, 1.807) is 24.1 Å². The molecule has 0 bridgehead atoms. The molecule has 17 heavy (non-hydrogen) atoms. The summed E-state index contributed by atoms with van der Waals surface area (Å²) in [5.41, 5.74) is 0.106. The summed E-state index contributed by atoms with van der Waals surface area (Å²) in [5.74, 6) is -0.454. The van der Waals surface area contributed by atoms with E-state index in [-0.39, 0.29) is 17.5 Å². The topological polar surface area (TPSA) is 20.3 Å². The molecule has 1 aromatic carbocycles. The fraction of sp³-hybridized carbons (Fsp3) is 0.462. The Morgan fingerprint density at radius 3 is 2.47 bits per heavy atom. The Hall–Kier alpha value is -0.900. The van der Waals surface area contributed by atoms with Gasteiger partial charge in [0, 0.05) is 13.1 Å². The molecule has 1 unspecified atom stereocenters. The summed E-state index contributed by atoms with van der Waals surface area (Å²) in [6, 6.07) is 4.82. The fourth-order valence-electron chi connectivity index (χ4n) is 1.49. The first-order valence-electron chi connectivity index (χ1n) is 5.57. The number of hydrogen-bond acceptors (Lipinski definition) is 1. The second-order valence-electron chi connectivity index (χ2n) is 4.50. The van der Waals surface area contributed by atoms with Crippen LogP contribution in [0.1, 0.15) is 31.1 Å². The van der Waals surface area contributed by atoms with Crippen molar-refractivity contribution >= 4 is 21.8 Å². The van der Waals surface area contributed by atoms with Gasteiger partial charge >= 0.3 is 0 Å². The van der Waals surface area contributed by atoms with E-state index >= 15 is 0 Å². The van der Waals surface area contributed by atoms with Crippen LogP contribution in [0.2, 0.25) is 0 Å². The van der Waals surface area contributed by atoms with Crippen LogP contribution in [-0.4, -0.2) is 23.9 Å². The van der Waals surface area contributed by atoms with E-state index in [9.17, 15) is 9.18 Å². The van der Waals surface area contributed by atoms with Crippen molar-refractivity contribution in [3.8, 4) is 0 Å². The van der Waals surface area contributed by atoms with Crippen LogP contribution in [0, 0.1) is 11.7 Å². The molecule has 94 valence electrons. The molecule has 0 aromatic heterocycles. The zero-order chi connectivity index (χ0) is 13.2. The molecule has 0 radical (unpaired) electrons. The first-order chi connectivity index (χ1) is 7.86. The first-order valence-corrected chi connectivity index (χ1v) is 6.36. The van der Waals surface area contributed by atoms with Gasteiger partial charge in [0.2, 0.25) is 0 Å². The quantitative estimate of drug-likeness (QED) is 0.833. The number of nitrogens with zero attached hydrogens (tertiary/aromatic N) is 1. The van der Waals surface area contributed by atoms with Crippen LogP contribution in [-0.2, 0) is 0 Å². The van der Waals surface area contributed by atoms with Crippen molar-refractivity contribution in [3.63, 3.8) is 0 Å². The van der Waals surface area contributed by atoms with E-state index in [2.05, 4.69) is 15.9 Å². The summed E-state index contributed by atoms with van der Waals surface area (Å²) in [7, 11) is 1.70. The average molecular weight is 302 g/mol. The number of halogens is 2. The van der Waals surface area contributed by atoms with Crippen LogP contribution < -0.4 is 0 Å². The van der Waals surface area contributed by atoms with Crippen LogP contribution in [0.3, 0.4) is 0 Å². The molecule has 0 aliphatic rings. The van der Waals surface area contributed by atoms with Crippen LogP contribution >= 0.6 is 15.9 Å². The van der Waals surface area contributed by atoms with Gasteiger partial charge in [-0.25, -0.2) is 4.39 Å².